The molecule has 0 radical (unpaired) electrons. The average Bonchev–Trinajstić information content (AvgIpc) is 2.79. The number of aromatic nitrogens is 2. The van der Waals surface area contributed by atoms with Crippen LogP contribution >= 0.6 is 23.4 Å². The molecule has 0 aliphatic heterocycles. The number of benzene rings is 3. The maximum Gasteiger partial charge on any atom is 0.266 e. The van der Waals surface area contributed by atoms with Gasteiger partial charge in [0.05, 0.1) is 28.6 Å². The molecule has 0 aliphatic carbocycles. The molecule has 1 N–H and O–H groups in total. The van der Waals surface area contributed by atoms with Crippen LogP contribution in [-0.2, 0) is 4.79 Å². The van der Waals surface area contributed by atoms with Crippen LogP contribution in [0.1, 0.15) is 5.56 Å². The molecule has 1 heterocycles. The number of carbonyl (C=O) groups excluding carboxylic acids is 1. The van der Waals surface area contributed by atoms with Crippen molar-refractivity contribution < 1.29 is 9.18 Å². The number of amides is 1. The zero-order valence-electron chi connectivity index (χ0n) is 16.5. The number of nitrogens with zero attached hydrogens (tertiary/aromatic N) is 3. The van der Waals surface area contributed by atoms with Crippen molar-refractivity contribution in [1.29, 1.82) is 0 Å². The fourth-order valence-corrected chi connectivity index (χ4v) is 3.89. The number of hydrogen-bond acceptors (Lipinski definition) is 5. The highest BCUT2D eigenvalue weighted by Gasteiger charge is 2.14. The maximum absolute atomic E-state index is 13.2. The first kappa shape index (κ1) is 21.7. The molecule has 0 unspecified atom stereocenters. The smallest absolute Gasteiger partial charge is 0.266 e. The lowest BCUT2D eigenvalue weighted by Crippen LogP contribution is -2.24. The third-order valence-electron chi connectivity index (χ3n) is 4.41. The number of para-hydroxylation sites is 1. The number of thioether (sulfide) groups is 1. The Kier molecular flexibility index (Phi) is 6.63. The van der Waals surface area contributed by atoms with E-state index in [1.165, 1.54) is 22.9 Å². The predicted octanol–water partition coefficient (Wildman–Crippen LogP) is 4.42. The Morgan fingerprint density at radius 2 is 1.91 bits per heavy atom. The number of carbonyl (C=O) groups is 1. The maximum atomic E-state index is 13.2. The van der Waals surface area contributed by atoms with E-state index in [1.807, 2.05) is 0 Å². The largest absolute Gasteiger partial charge is 0.272 e. The molecule has 0 spiro atoms. The van der Waals surface area contributed by atoms with E-state index in [0.717, 1.165) is 11.8 Å². The van der Waals surface area contributed by atoms with Crippen LogP contribution in [0.2, 0.25) is 5.02 Å². The average molecular weight is 467 g/mol. The summed E-state index contributed by atoms with van der Waals surface area (Å²) in [4.78, 5) is 30.0. The van der Waals surface area contributed by atoms with Gasteiger partial charge in [-0.25, -0.2) is 14.8 Å². The lowest BCUT2D eigenvalue weighted by Gasteiger charge is -2.13. The Hall–Kier alpha value is -3.49. The third kappa shape index (κ3) is 5.04. The summed E-state index contributed by atoms with van der Waals surface area (Å²) in [5.41, 5.74) is 3.79. The van der Waals surface area contributed by atoms with Crippen molar-refractivity contribution in [2.45, 2.75) is 5.16 Å². The molecule has 9 heteroatoms. The molecule has 4 rings (SSSR count). The van der Waals surface area contributed by atoms with E-state index in [9.17, 15) is 14.0 Å². The summed E-state index contributed by atoms with van der Waals surface area (Å²) in [5, 5.41) is 5.22. The molecule has 0 atom stereocenters. The molecular formula is C23H16ClFN4O2S. The first-order chi connectivity index (χ1) is 15.5. The van der Waals surface area contributed by atoms with Gasteiger partial charge in [0.2, 0.25) is 0 Å². The summed E-state index contributed by atoms with van der Waals surface area (Å²) in [7, 11) is 0. The summed E-state index contributed by atoms with van der Waals surface area (Å²) in [6, 6.07) is 19.7. The molecule has 4 aromatic rings. The molecule has 32 heavy (non-hydrogen) atoms. The van der Waals surface area contributed by atoms with Gasteiger partial charge in [-0.1, -0.05) is 47.6 Å². The van der Waals surface area contributed by atoms with E-state index in [4.69, 9.17) is 11.6 Å². The van der Waals surface area contributed by atoms with Crippen molar-refractivity contribution in [2.24, 2.45) is 5.10 Å². The Morgan fingerprint density at radius 3 is 2.69 bits per heavy atom. The Labute approximate surface area is 191 Å². The first-order valence-corrected chi connectivity index (χ1v) is 10.9. The summed E-state index contributed by atoms with van der Waals surface area (Å²) in [5.74, 6) is -0.815. The van der Waals surface area contributed by atoms with Crippen molar-refractivity contribution >= 4 is 46.4 Å². The highest BCUT2D eigenvalue weighted by molar-refractivity contribution is 7.99. The zero-order chi connectivity index (χ0) is 22.5. The fraction of sp³-hybridized carbons (Fsp3) is 0.0435. The van der Waals surface area contributed by atoms with Gasteiger partial charge < -0.3 is 0 Å². The molecule has 0 saturated carbocycles. The quantitative estimate of drug-likeness (QED) is 0.197. The number of halogens is 2. The van der Waals surface area contributed by atoms with Gasteiger partial charge in [0, 0.05) is 5.02 Å². The minimum atomic E-state index is -0.396. The molecule has 1 aromatic heterocycles. The number of hydrogen-bond donors (Lipinski definition) is 1. The van der Waals surface area contributed by atoms with Crippen LogP contribution in [0.5, 0.6) is 0 Å². The first-order valence-electron chi connectivity index (χ1n) is 9.49. The van der Waals surface area contributed by atoms with Crippen LogP contribution in [-0.4, -0.2) is 27.4 Å². The minimum absolute atomic E-state index is 0.0289. The molecule has 6 nitrogen and oxygen atoms in total. The van der Waals surface area contributed by atoms with Crippen LogP contribution in [0.3, 0.4) is 0 Å². The van der Waals surface area contributed by atoms with Crippen molar-refractivity contribution in [1.82, 2.24) is 15.0 Å². The van der Waals surface area contributed by atoms with Crippen LogP contribution in [0.4, 0.5) is 4.39 Å². The van der Waals surface area contributed by atoms with Gasteiger partial charge in [0.1, 0.15) is 5.82 Å². The molecule has 0 bridgehead atoms. The van der Waals surface area contributed by atoms with Crippen molar-refractivity contribution in [3.63, 3.8) is 0 Å². The molecule has 0 aliphatic rings. The lowest BCUT2D eigenvalue weighted by atomic mass is 10.2. The molecule has 160 valence electrons. The number of nitrogens with one attached hydrogen (secondary N) is 1. The van der Waals surface area contributed by atoms with E-state index < -0.39 is 11.7 Å². The molecular weight excluding hydrogens is 451 g/mol. The van der Waals surface area contributed by atoms with Crippen LogP contribution in [0.15, 0.2) is 87.8 Å². The van der Waals surface area contributed by atoms with Crippen LogP contribution in [0, 0.1) is 5.82 Å². The zero-order valence-corrected chi connectivity index (χ0v) is 18.1. The van der Waals surface area contributed by atoms with Gasteiger partial charge in [0.15, 0.2) is 5.16 Å². The van der Waals surface area contributed by atoms with Gasteiger partial charge in [0.25, 0.3) is 11.5 Å². The van der Waals surface area contributed by atoms with Gasteiger partial charge in [-0.2, -0.15) is 5.10 Å². The summed E-state index contributed by atoms with van der Waals surface area (Å²) in [6.45, 7) is 0. The summed E-state index contributed by atoms with van der Waals surface area (Å²) >= 11 is 7.09. The highest BCUT2D eigenvalue weighted by atomic mass is 35.5. The molecule has 0 saturated heterocycles. The third-order valence-corrected chi connectivity index (χ3v) is 5.60. The van der Waals surface area contributed by atoms with E-state index in [-0.39, 0.29) is 11.3 Å². The van der Waals surface area contributed by atoms with Crippen molar-refractivity contribution in [3.05, 3.63) is 99.6 Å². The summed E-state index contributed by atoms with van der Waals surface area (Å²) in [6.07, 6.45) is 1.35. The molecule has 1 amide bonds. The topological polar surface area (TPSA) is 76.3 Å². The van der Waals surface area contributed by atoms with E-state index in [0.29, 0.717) is 32.3 Å². The second kappa shape index (κ2) is 9.76. The van der Waals surface area contributed by atoms with Crippen molar-refractivity contribution in [3.8, 4) is 5.69 Å². The SMILES string of the molecule is O=C(CSc1nc2ccccc2c(=O)n1-c1ccc(Cl)cc1)NN=Cc1cccc(F)c1. The Morgan fingerprint density at radius 1 is 1.12 bits per heavy atom. The van der Waals surface area contributed by atoms with Crippen molar-refractivity contribution in [2.75, 3.05) is 5.75 Å². The van der Waals surface area contributed by atoms with E-state index in [2.05, 4.69) is 15.5 Å². The monoisotopic (exact) mass is 466 g/mol. The van der Waals surface area contributed by atoms with Gasteiger partial charge in [-0.15, -0.1) is 0 Å². The van der Waals surface area contributed by atoms with Crippen LogP contribution in [0.25, 0.3) is 16.6 Å². The Balaban J connectivity index is 1.56. The van der Waals surface area contributed by atoms with E-state index in [1.54, 1.807) is 60.7 Å². The fourth-order valence-electron chi connectivity index (χ4n) is 2.96. The van der Waals surface area contributed by atoms with Gasteiger partial charge >= 0.3 is 0 Å². The minimum Gasteiger partial charge on any atom is -0.272 e. The number of fused-ring (bicyclic) bond motifs is 1. The molecule has 0 fully saturated rings. The second-order valence-corrected chi connectivity index (χ2v) is 8.04. The van der Waals surface area contributed by atoms with Gasteiger partial charge in [-0.05, 0) is 54.1 Å². The number of rotatable bonds is 6. The van der Waals surface area contributed by atoms with Crippen LogP contribution < -0.4 is 11.0 Å². The molecule has 3 aromatic carbocycles. The Bertz CT molecular complexity index is 1370. The predicted molar refractivity (Wildman–Crippen MR) is 125 cm³/mol. The standard InChI is InChI=1S/C23H16ClFN4O2S/c24-16-8-10-18(11-9-16)29-22(31)19-6-1-2-7-20(19)27-23(29)32-14-21(30)28-26-13-15-4-3-5-17(25)12-15/h1-13H,14H2,(H,28,30). The van der Waals surface area contributed by atoms with Gasteiger partial charge in [-0.3, -0.25) is 14.2 Å². The number of hydrazone groups is 1. The second-order valence-electron chi connectivity index (χ2n) is 6.67. The normalized spacial score (nSPS) is 11.2. The lowest BCUT2D eigenvalue weighted by molar-refractivity contribution is -0.118. The highest BCUT2D eigenvalue weighted by Crippen LogP contribution is 2.22. The van der Waals surface area contributed by atoms with E-state index >= 15 is 0 Å². The summed E-state index contributed by atoms with van der Waals surface area (Å²) < 4.78 is 14.7.